The summed E-state index contributed by atoms with van der Waals surface area (Å²) in [6.07, 6.45) is 1.95. The van der Waals surface area contributed by atoms with E-state index in [9.17, 15) is 4.79 Å². The van der Waals surface area contributed by atoms with E-state index in [2.05, 4.69) is 18.2 Å². The number of ether oxygens (including phenoxy) is 1. The summed E-state index contributed by atoms with van der Waals surface area (Å²) in [4.78, 5) is 12.6. The lowest BCUT2D eigenvalue weighted by atomic mass is 9.96. The van der Waals surface area contributed by atoms with Crippen LogP contribution in [-0.4, -0.2) is 12.4 Å². The van der Waals surface area contributed by atoms with Crippen LogP contribution in [0, 0.1) is 0 Å². The Morgan fingerprint density at radius 1 is 0.864 bits per heavy atom. The third-order valence-corrected chi connectivity index (χ3v) is 3.96. The zero-order chi connectivity index (χ0) is 14.9. The maximum atomic E-state index is 12.6. The van der Waals surface area contributed by atoms with Crippen LogP contribution in [0.2, 0.25) is 0 Å². The van der Waals surface area contributed by atoms with Crippen molar-refractivity contribution in [3.63, 3.8) is 0 Å². The number of fused-ring (bicyclic) bond motifs is 2. The maximum Gasteiger partial charge on any atom is 0.196 e. The van der Waals surface area contributed by atoms with Gasteiger partial charge >= 0.3 is 0 Å². The summed E-state index contributed by atoms with van der Waals surface area (Å²) in [6.45, 7) is 0.319. The molecule has 4 rings (SSSR count). The zero-order valence-electron chi connectivity index (χ0n) is 12.0. The molecule has 0 spiro atoms. The molecule has 106 valence electrons. The van der Waals surface area contributed by atoms with Crippen LogP contribution in [0.5, 0.6) is 5.75 Å². The fourth-order valence-electron chi connectivity index (χ4n) is 2.85. The van der Waals surface area contributed by atoms with Crippen molar-refractivity contribution in [3.8, 4) is 5.75 Å². The first-order valence-corrected chi connectivity index (χ1v) is 7.28. The van der Waals surface area contributed by atoms with Crippen molar-refractivity contribution >= 4 is 22.6 Å². The predicted molar refractivity (Wildman–Crippen MR) is 88.2 cm³/mol. The van der Waals surface area contributed by atoms with Gasteiger partial charge in [0.05, 0.1) is 5.56 Å². The van der Waals surface area contributed by atoms with E-state index in [4.69, 9.17) is 4.74 Å². The second-order valence-electron chi connectivity index (χ2n) is 5.35. The summed E-state index contributed by atoms with van der Waals surface area (Å²) in [5.41, 5.74) is 2.37. The van der Waals surface area contributed by atoms with Crippen molar-refractivity contribution in [2.24, 2.45) is 0 Å². The van der Waals surface area contributed by atoms with Gasteiger partial charge in [-0.3, -0.25) is 4.79 Å². The van der Waals surface area contributed by atoms with Crippen LogP contribution in [0.4, 0.5) is 0 Å². The number of carbonyl (C=O) groups is 1. The number of ketones is 1. The third kappa shape index (κ3) is 2.09. The first-order valence-electron chi connectivity index (χ1n) is 7.28. The molecule has 0 aliphatic carbocycles. The maximum absolute atomic E-state index is 12.6. The zero-order valence-corrected chi connectivity index (χ0v) is 12.0. The SMILES string of the molecule is O=C1C(=Cc2cccc3ccccc23)COc2ccccc21. The van der Waals surface area contributed by atoms with Crippen LogP contribution in [0.25, 0.3) is 16.8 Å². The summed E-state index contributed by atoms with van der Waals surface area (Å²) in [5.74, 6) is 0.720. The van der Waals surface area contributed by atoms with Crippen molar-refractivity contribution in [1.29, 1.82) is 0 Å². The highest BCUT2D eigenvalue weighted by atomic mass is 16.5. The average Bonchev–Trinajstić information content (AvgIpc) is 2.58. The minimum atomic E-state index is 0.0507. The van der Waals surface area contributed by atoms with Crippen molar-refractivity contribution in [3.05, 3.63) is 83.4 Å². The molecule has 0 saturated heterocycles. The molecule has 0 saturated carbocycles. The molecule has 0 fully saturated rings. The minimum Gasteiger partial charge on any atom is -0.488 e. The lowest BCUT2D eigenvalue weighted by Gasteiger charge is -2.18. The molecule has 0 atom stereocenters. The molecular weight excluding hydrogens is 272 g/mol. The molecule has 1 aliphatic rings. The highest BCUT2D eigenvalue weighted by Gasteiger charge is 2.22. The normalized spacial score (nSPS) is 15.6. The monoisotopic (exact) mass is 286 g/mol. The Balaban J connectivity index is 1.82. The van der Waals surface area contributed by atoms with Gasteiger partial charge in [-0.05, 0) is 34.5 Å². The first kappa shape index (κ1) is 12.8. The molecule has 0 amide bonds. The van der Waals surface area contributed by atoms with E-state index in [0.29, 0.717) is 23.5 Å². The fourth-order valence-corrected chi connectivity index (χ4v) is 2.85. The highest BCUT2D eigenvalue weighted by molar-refractivity contribution is 6.14. The number of Topliss-reactive ketones (excluding diaryl/α,β-unsaturated/α-hetero) is 1. The summed E-state index contributed by atoms with van der Waals surface area (Å²) in [5, 5.41) is 2.31. The van der Waals surface area contributed by atoms with E-state index in [1.807, 2.05) is 54.6 Å². The topological polar surface area (TPSA) is 26.3 Å². The Kier molecular flexibility index (Phi) is 3.01. The molecule has 2 nitrogen and oxygen atoms in total. The van der Waals surface area contributed by atoms with Gasteiger partial charge in [-0.15, -0.1) is 0 Å². The number of carbonyl (C=O) groups excluding carboxylic acids is 1. The largest absolute Gasteiger partial charge is 0.488 e. The van der Waals surface area contributed by atoms with E-state index in [-0.39, 0.29) is 5.78 Å². The number of para-hydroxylation sites is 1. The van der Waals surface area contributed by atoms with Gasteiger partial charge in [-0.25, -0.2) is 0 Å². The molecule has 0 radical (unpaired) electrons. The Hall–Kier alpha value is -2.87. The lowest BCUT2D eigenvalue weighted by Crippen LogP contribution is -2.18. The number of hydrogen-bond acceptors (Lipinski definition) is 2. The molecule has 3 aromatic rings. The van der Waals surface area contributed by atoms with Crippen LogP contribution in [-0.2, 0) is 0 Å². The Labute approximate surface area is 128 Å². The van der Waals surface area contributed by atoms with Crippen molar-refractivity contribution < 1.29 is 9.53 Å². The molecule has 0 N–H and O–H groups in total. The van der Waals surface area contributed by atoms with Gasteiger partial charge in [-0.2, -0.15) is 0 Å². The van der Waals surface area contributed by atoms with Gasteiger partial charge in [0.25, 0.3) is 0 Å². The van der Waals surface area contributed by atoms with Gasteiger partial charge in [0, 0.05) is 5.57 Å². The molecule has 1 aliphatic heterocycles. The van der Waals surface area contributed by atoms with Gasteiger partial charge in [0.15, 0.2) is 5.78 Å². The van der Waals surface area contributed by atoms with Gasteiger partial charge in [-0.1, -0.05) is 54.6 Å². The quantitative estimate of drug-likeness (QED) is 0.616. The molecule has 22 heavy (non-hydrogen) atoms. The number of hydrogen-bond donors (Lipinski definition) is 0. The van der Waals surface area contributed by atoms with E-state index < -0.39 is 0 Å². The van der Waals surface area contributed by atoms with Gasteiger partial charge < -0.3 is 4.74 Å². The minimum absolute atomic E-state index is 0.0507. The van der Waals surface area contributed by atoms with Crippen molar-refractivity contribution in [2.75, 3.05) is 6.61 Å². The molecule has 2 heteroatoms. The highest BCUT2D eigenvalue weighted by Crippen LogP contribution is 2.29. The summed E-state index contributed by atoms with van der Waals surface area (Å²) < 4.78 is 5.70. The second-order valence-corrected chi connectivity index (χ2v) is 5.35. The predicted octanol–water partition coefficient (Wildman–Crippen LogP) is 4.50. The Morgan fingerprint density at radius 3 is 2.59 bits per heavy atom. The number of benzene rings is 3. The molecule has 1 heterocycles. The first-order chi connectivity index (χ1) is 10.8. The smallest absolute Gasteiger partial charge is 0.196 e. The fraction of sp³-hybridized carbons (Fsp3) is 0.0500. The van der Waals surface area contributed by atoms with E-state index in [1.165, 1.54) is 5.39 Å². The van der Waals surface area contributed by atoms with E-state index in [1.54, 1.807) is 0 Å². The average molecular weight is 286 g/mol. The molecule has 0 bridgehead atoms. The molecule has 3 aromatic carbocycles. The van der Waals surface area contributed by atoms with Crippen LogP contribution in [0.15, 0.2) is 72.3 Å². The van der Waals surface area contributed by atoms with Crippen molar-refractivity contribution in [2.45, 2.75) is 0 Å². The van der Waals surface area contributed by atoms with Gasteiger partial charge in [0.1, 0.15) is 12.4 Å². The van der Waals surface area contributed by atoms with Crippen LogP contribution in [0.3, 0.4) is 0 Å². The molecule has 0 aromatic heterocycles. The third-order valence-electron chi connectivity index (χ3n) is 3.96. The van der Waals surface area contributed by atoms with E-state index in [0.717, 1.165) is 10.9 Å². The summed E-state index contributed by atoms with van der Waals surface area (Å²) in [6, 6.07) is 21.7. The van der Waals surface area contributed by atoms with Crippen LogP contribution < -0.4 is 4.74 Å². The van der Waals surface area contributed by atoms with Gasteiger partial charge in [0.2, 0.25) is 0 Å². The van der Waals surface area contributed by atoms with Crippen LogP contribution >= 0.6 is 0 Å². The second kappa shape index (κ2) is 5.15. The lowest BCUT2D eigenvalue weighted by molar-refractivity contribution is 0.100. The van der Waals surface area contributed by atoms with E-state index >= 15 is 0 Å². The molecular formula is C20H14O2. The van der Waals surface area contributed by atoms with Crippen molar-refractivity contribution in [1.82, 2.24) is 0 Å². The summed E-state index contributed by atoms with van der Waals surface area (Å²) in [7, 11) is 0. The van der Waals surface area contributed by atoms with Crippen LogP contribution in [0.1, 0.15) is 15.9 Å². The number of rotatable bonds is 1. The Bertz CT molecular complexity index is 901. The standard InChI is InChI=1S/C20H14O2/c21-20-16(13-22-19-11-4-3-10-18(19)20)12-15-8-5-7-14-6-1-2-9-17(14)15/h1-12H,13H2. The Morgan fingerprint density at radius 2 is 1.64 bits per heavy atom. The molecule has 0 unspecified atom stereocenters. The summed E-state index contributed by atoms with van der Waals surface area (Å²) >= 11 is 0.